The number of halogens is 1. The third-order valence-electron chi connectivity index (χ3n) is 1.47. The Bertz CT molecular complexity index is 388. The summed E-state index contributed by atoms with van der Waals surface area (Å²) in [6, 6.07) is 4.96. The SMILES string of the molecule is [NH3+]CCS(=O)(=O)[N-]c1ccc(F)cc1. The van der Waals surface area contributed by atoms with Crippen molar-refractivity contribution in [1.82, 2.24) is 0 Å². The highest BCUT2D eigenvalue weighted by Gasteiger charge is 1.98. The van der Waals surface area contributed by atoms with Crippen LogP contribution in [0.3, 0.4) is 0 Å². The van der Waals surface area contributed by atoms with Crippen molar-refractivity contribution in [1.29, 1.82) is 0 Å². The van der Waals surface area contributed by atoms with E-state index < -0.39 is 15.8 Å². The molecule has 0 aliphatic rings. The number of benzene rings is 1. The van der Waals surface area contributed by atoms with Gasteiger partial charge in [0.05, 0.1) is 22.3 Å². The fraction of sp³-hybridized carbons (Fsp3) is 0.250. The van der Waals surface area contributed by atoms with E-state index in [2.05, 4.69) is 10.5 Å². The highest BCUT2D eigenvalue weighted by atomic mass is 32.2. The zero-order valence-electron chi connectivity index (χ0n) is 7.48. The van der Waals surface area contributed by atoms with Gasteiger partial charge < -0.3 is 10.5 Å². The number of hydrogen-bond acceptors (Lipinski definition) is 2. The van der Waals surface area contributed by atoms with E-state index in [0.717, 1.165) is 0 Å². The van der Waals surface area contributed by atoms with Gasteiger partial charge in [0.1, 0.15) is 5.82 Å². The summed E-state index contributed by atoms with van der Waals surface area (Å²) >= 11 is 0. The topological polar surface area (TPSA) is 75.9 Å². The van der Waals surface area contributed by atoms with E-state index in [1.807, 2.05) is 0 Å². The van der Waals surface area contributed by atoms with Crippen LogP contribution in [0.5, 0.6) is 0 Å². The molecule has 0 amide bonds. The van der Waals surface area contributed by atoms with Crippen LogP contribution in [0, 0.1) is 5.82 Å². The second-order valence-electron chi connectivity index (χ2n) is 2.71. The molecule has 4 nitrogen and oxygen atoms in total. The lowest BCUT2D eigenvalue weighted by molar-refractivity contribution is -0.360. The van der Waals surface area contributed by atoms with Crippen LogP contribution in [-0.2, 0) is 10.0 Å². The van der Waals surface area contributed by atoms with Gasteiger partial charge in [-0.25, -0.2) is 12.8 Å². The van der Waals surface area contributed by atoms with Crippen LogP contribution in [0.2, 0.25) is 0 Å². The fourth-order valence-electron chi connectivity index (χ4n) is 0.891. The summed E-state index contributed by atoms with van der Waals surface area (Å²) in [6.07, 6.45) is 0. The Labute approximate surface area is 82.0 Å². The Morgan fingerprint density at radius 3 is 2.36 bits per heavy atom. The lowest BCUT2D eigenvalue weighted by Gasteiger charge is -2.20. The Morgan fingerprint density at radius 1 is 1.29 bits per heavy atom. The standard InChI is InChI=1S/C8H10FN2O2S/c9-7-1-3-8(4-2-7)11-14(12,13)6-5-10/h1-4H,5-6,10H2/q-1/p+1. The van der Waals surface area contributed by atoms with Crippen molar-refractivity contribution in [2.45, 2.75) is 0 Å². The summed E-state index contributed by atoms with van der Waals surface area (Å²) < 4.78 is 38.3. The smallest absolute Gasteiger partial charge is 0.123 e. The Kier molecular flexibility index (Phi) is 3.43. The molecule has 3 N–H and O–H groups in total. The molecule has 0 radical (unpaired) electrons. The molecule has 1 aromatic rings. The van der Waals surface area contributed by atoms with Gasteiger partial charge in [0.2, 0.25) is 0 Å². The second-order valence-corrected chi connectivity index (χ2v) is 4.46. The van der Waals surface area contributed by atoms with Crippen molar-refractivity contribution >= 4 is 15.7 Å². The highest BCUT2D eigenvalue weighted by Crippen LogP contribution is 2.22. The number of nitrogens with zero attached hydrogens (tertiary/aromatic N) is 1. The first kappa shape index (κ1) is 10.9. The minimum atomic E-state index is -3.46. The molecule has 1 rings (SSSR count). The van der Waals surface area contributed by atoms with E-state index in [9.17, 15) is 12.8 Å². The van der Waals surface area contributed by atoms with Crippen LogP contribution in [0.4, 0.5) is 10.1 Å². The normalized spacial score (nSPS) is 11.3. The highest BCUT2D eigenvalue weighted by molar-refractivity contribution is 7.94. The largest absolute Gasteiger partial charge is 0.577 e. The second kappa shape index (κ2) is 4.39. The molecule has 14 heavy (non-hydrogen) atoms. The first-order valence-electron chi connectivity index (χ1n) is 4.04. The van der Waals surface area contributed by atoms with E-state index in [-0.39, 0.29) is 18.0 Å². The summed E-state index contributed by atoms with van der Waals surface area (Å²) in [6.45, 7) is 0.271. The van der Waals surface area contributed by atoms with Crippen molar-refractivity contribution in [3.05, 3.63) is 34.8 Å². The molecule has 0 saturated heterocycles. The molecule has 0 heterocycles. The van der Waals surface area contributed by atoms with Gasteiger partial charge in [-0.05, 0) is 12.1 Å². The zero-order chi connectivity index (χ0) is 10.6. The molecule has 0 aliphatic heterocycles. The number of quaternary nitrogens is 1. The summed E-state index contributed by atoms with van der Waals surface area (Å²) in [4.78, 5) is 0. The maximum atomic E-state index is 12.5. The summed E-state index contributed by atoms with van der Waals surface area (Å²) in [5.74, 6) is -0.511. The minimum absolute atomic E-state index is 0.0929. The Hall–Kier alpha value is -1.14. The molecule has 0 aromatic heterocycles. The molecule has 0 bridgehead atoms. The molecule has 0 unspecified atom stereocenters. The van der Waals surface area contributed by atoms with Crippen molar-refractivity contribution < 1.29 is 18.5 Å². The van der Waals surface area contributed by atoms with Crippen molar-refractivity contribution in [3.8, 4) is 0 Å². The van der Waals surface area contributed by atoms with E-state index in [4.69, 9.17) is 0 Å². The van der Waals surface area contributed by atoms with Gasteiger partial charge in [0.15, 0.2) is 0 Å². The minimum Gasteiger partial charge on any atom is -0.577 e. The van der Waals surface area contributed by atoms with Gasteiger partial charge in [-0.15, -0.1) is 5.69 Å². The Morgan fingerprint density at radius 2 is 1.86 bits per heavy atom. The van der Waals surface area contributed by atoms with Crippen LogP contribution < -0.4 is 5.73 Å². The molecular weight excluding hydrogens is 207 g/mol. The molecule has 1 aromatic carbocycles. The predicted molar refractivity (Wildman–Crippen MR) is 51.0 cm³/mol. The van der Waals surface area contributed by atoms with E-state index in [0.29, 0.717) is 0 Å². The first-order valence-corrected chi connectivity index (χ1v) is 5.65. The van der Waals surface area contributed by atoms with Crippen molar-refractivity contribution in [2.24, 2.45) is 0 Å². The molecular formula is C8H11FN2O2S. The van der Waals surface area contributed by atoms with Gasteiger partial charge in [0, 0.05) is 0 Å². The summed E-state index contributed by atoms with van der Waals surface area (Å²) in [5, 5.41) is 0. The average Bonchev–Trinajstić information content (AvgIpc) is 2.08. The Balaban J connectivity index is 2.74. The van der Waals surface area contributed by atoms with Gasteiger partial charge >= 0.3 is 0 Å². The van der Waals surface area contributed by atoms with Crippen LogP contribution in [0.1, 0.15) is 0 Å². The van der Waals surface area contributed by atoms with Gasteiger partial charge in [0.25, 0.3) is 0 Å². The van der Waals surface area contributed by atoms with Crippen molar-refractivity contribution in [2.75, 3.05) is 12.3 Å². The van der Waals surface area contributed by atoms with E-state index in [1.54, 1.807) is 0 Å². The molecule has 6 heteroatoms. The fourth-order valence-corrected chi connectivity index (χ4v) is 1.79. The van der Waals surface area contributed by atoms with Crippen LogP contribution >= 0.6 is 0 Å². The zero-order valence-corrected chi connectivity index (χ0v) is 8.30. The number of hydrogen-bond donors (Lipinski definition) is 1. The van der Waals surface area contributed by atoms with Crippen molar-refractivity contribution in [3.63, 3.8) is 0 Å². The third kappa shape index (κ3) is 3.31. The maximum Gasteiger partial charge on any atom is 0.123 e. The van der Waals surface area contributed by atoms with Gasteiger partial charge in [-0.3, -0.25) is 0 Å². The molecule has 0 aliphatic carbocycles. The van der Waals surface area contributed by atoms with Crippen LogP contribution in [0.25, 0.3) is 4.72 Å². The lowest BCUT2D eigenvalue weighted by atomic mass is 10.3. The quantitative estimate of drug-likeness (QED) is 0.794. The predicted octanol–water partition coefficient (Wildman–Crippen LogP) is 0.403. The van der Waals surface area contributed by atoms with Crippen LogP contribution in [0.15, 0.2) is 24.3 Å². The third-order valence-corrected chi connectivity index (χ3v) is 2.77. The lowest BCUT2D eigenvalue weighted by Crippen LogP contribution is -2.52. The molecule has 0 saturated carbocycles. The van der Waals surface area contributed by atoms with Gasteiger partial charge in [-0.1, -0.05) is 12.1 Å². The summed E-state index contributed by atoms with van der Waals surface area (Å²) in [7, 11) is -3.46. The number of sulfonamides is 1. The molecule has 0 atom stereocenters. The van der Waals surface area contributed by atoms with E-state index >= 15 is 0 Å². The van der Waals surface area contributed by atoms with E-state index in [1.165, 1.54) is 24.3 Å². The maximum absolute atomic E-state index is 12.5. The molecule has 0 fully saturated rings. The van der Waals surface area contributed by atoms with Crippen LogP contribution in [-0.4, -0.2) is 20.7 Å². The monoisotopic (exact) mass is 218 g/mol. The molecule has 78 valence electrons. The summed E-state index contributed by atoms with van der Waals surface area (Å²) in [5.41, 5.74) is 3.66. The first-order chi connectivity index (χ1) is 6.53. The van der Waals surface area contributed by atoms with Gasteiger partial charge in [-0.2, -0.15) is 0 Å². The average molecular weight is 218 g/mol. The molecule has 0 spiro atoms. The number of rotatable bonds is 4.